The van der Waals surface area contributed by atoms with Crippen LogP contribution in [0, 0.1) is 6.92 Å². The fourth-order valence-corrected chi connectivity index (χ4v) is 1.96. The summed E-state index contributed by atoms with van der Waals surface area (Å²) in [7, 11) is 1.57. The summed E-state index contributed by atoms with van der Waals surface area (Å²) in [5.41, 5.74) is 1.76. The molecule has 1 heterocycles. The van der Waals surface area contributed by atoms with Crippen LogP contribution in [0.1, 0.15) is 12.0 Å². The van der Waals surface area contributed by atoms with Gasteiger partial charge < -0.3 is 15.0 Å². The molecule has 2 amide bonds. The Bertz CT molecular complexity index is 485. The fraction of sp³-hybridized carbons (Fsp3) is 0.385. The van der Waals surface area contributed by atoms with Crippen LogP contribution in [0.4, 0.5) is 5.69 Å². The van der Waals surface area contributed by atoms with Gasteiger partial charge in [-0.15, -0.1) is 0 Å². The van der Waals surface area contributed by atoms with Crippen molar-refractivity contribution in [3.05, 3.63) is 23.8 Å². The summed E-state index contributed by atoms with van der Waals surface area (Å²) in [5.74, 6) is 0.422. The lowest BCUT2D eigenvalue weighted by molar-refractivity contribution is -0.123. The van der Waals surface area contributed by atoms with Crippen molar-refractivity contribution in [3.63, 3.8) is 0 Å². The third-order valence-corrected chi connectivity index (χ3v) is 2.93. The Balaban J connectivity index is 2.36. The van der Waals surface area contributed by atoms with Crippen LogP contribution in [0.2, 0.25) is 0 Å². The average Bonchev–Trinajstić information content (AvgIpc) is 2.52. The molecule has 1 aromatic rings. The maximum atomic E-state index is 12.0. The molecular weight excluding hydrogens is 232 g/mol. The number of hydrogen-bond donors (Lipinski definition) is 1. The maximum absolute atomic E-state index is 12.0. The number of rotatable bonds is 2. The molecule has 1 N–H and O–H groups in total. The molecule has 0 aromatic heterocycles. The summed E-state index contributed by atoms with van der Waals surface area (Å²) in [6.45, 7) is 2.37. The SMILES string of the molecule is COc1ccc(C)cc1N1CCC(=O)NCC1=O. The zero-order valence-electron chi connectivity index (χ0n) is 10.5. The third-order valence-electron chi connectivity index (χ3n) is 2.93. The van der Waals surface area contributed by atoms with E-state index in [-0.39, 0.29) is 18.4 Å². The molecule has 1 aromatic carbocycles. The highest BCUT2D eigenvalue weighted by atomic mass is 16.5. The van der Waals surface area contributed by atoms with Gasteiger partial charge in [-0.05, 0) is 24.6 Å². The number of methoxy groups -OCH3 is 1. The number of ether oxygens (including phenoxy) is 1. The van der Waals surface area contributed by atoms with E-state index in [0.29, 0.717) is 18.7 Å². The number of carbonyl (C=O) groups excluding carboxylic acids is 2. The number of amides is 2. The molecule has 0 bridgehead atoms. The summed E-state index contributed by atoms with van der Waals surface area (Å²) >= 11 is 0. The number of aryl methyl sites for hydroxylation is 1. The zero-order valence-corrected chi connectivity index (χ0v) is 10.5. The second-order valence-corrected chi connectivity index (χ2v) is 4.25. The number of nitrogens with zero attached hydrogens (tertiary/aromatic N) is 1. The molecule has 5 nitrogen and oxygen atoms in total. The van der Waals surface area contributed by atoms with Crippen LogP contribution in [0.5, 0.6) is 5.75 Å². The predicted molar refractivity (Wildman–Crippen MR) is 67.7 cm³/mol. The Hall–Kier alpha value is -2.04. The van der Waals surface area contributed by atoms with Crippen molar-refractivity contribution in [1.29, 1.82) is 0 Å². The molecule has 1 aliphatic heterocycles. The first-order valence-electron chi connectivity index (χ1n) is 5.83. The van der Waals surface area contributed by atoms with Gasteiger partial charge in [0, 0.05) is 13.0 Å². The van der Waals surface area contributed by atoms with E-state index in [1.54, 1.807) is 12.0 Å². The van der Waals surface area contributed by atoms with E-state index >= 15 is 0 Å². The lowest BCUT2D eigenvalue weighted by Gasteiger charge is -2.22. The number of hydrogen-bond acceptors (Lipinski definition) is 3. The highest BCUT2D eigenvalue weighted by Crippen LogP contribution is 2.29. The van der Waals surface area contributed by atoms with Gasteiger partial charge in [0.2, 0.25) is 11.8 Å². The molecule has 5 heteroatoms. The highest BCUT2D eigenvalue weighted by molar-refractivity contribution is 6.00. The quantitative estimate of drug-likeness (QED) is 0.844. The van der Waals surface area contributed by atoms with Crippen molar-refractivity contribution >= 4 is 17.5 Å². The Labute approximate surface area is 106 Å². The molecule has 18 heavy (non-hydrogen) atoms. The van der Waals surface area contributed by atoms with E-state index in [1.165, 1.54) is 0 Å². The minimum Gasteiger partial charge on any atom is -0.495 e. The van der Waals surface area contributed by atoms with E-state index in [1.807, 2.05) is 25.1 Å². The van der Waals surface area contributed by atoms with Crippen LogP contribution >= 0.6 is 0 Å². The molecule has 0 atom stereocenters. The molecule has 0 radical (unpaired) electrons. The molecular formula is C13H16N2O3. The Morgan fingerprint density at radius 3 is 2.83 bits per heavy atom. The van der Waals surface area contributed by atoms with Gasteiger partial charge in [-0.2, -0.15) is 0 Å². The summed E-state index contributed by atoms with van der Waals surface area (Å²) in [6, 6.07) is 5.65. The molecule has 1 aliphatic rings. The largest absolute Gasteiger partial charge is 0.495 e. The van der Waals surface area contributed by atoms with Crippen molar-refractivity contribution in [3.8, 4) is 5.75 Å². The van der Waals surface area contributed by atoms with Crippen LogP contribution in [0.15, 0.2) is 18.2 Å². The van der Waals surface area contributed by atoms with E-state index in [2.05, 4.69) is 5.32 Å². The van der Waals surface area contributed by atoms with Gasteiger partial charge in [0.1, 0.15) is 5.75 Å². The first-order valence-corrected chi connectivity index (χ1v) is 5.83. The Morgan fingerprint density at radius 1 is 1.33 bits per heavy atom. The van der Waals surface area contributed by atoms with Crippen molar-refractivity contribution in [2.24, 2.45) is 0 Å². The summed E-state index contributed by atoms with van der Waals surface area (Å²) in [6.07, 6.45) is 0.308. The van der Waals surface area contributed by atoms with Crippen LogP contribution in [0.3, 0.4) is 0 Å². The normalized spacial score (nSPS) is 16.2. The van der Waals surface area contributed by atoms with Gasteiger partial charge in [-0.3, -0.25) is 9.59 Å². The number of anilines is 1. The summed E-state index contributed by atoms with van der Waals surface area (Å²) in [4.78, 5) is 24.9. The van der Waals surface area contributed by atoms with E-state index in [9.17, 15) is 9.59 Å². The lowest BCUT2D eigenvalue weighted by Crippen LogP contribution is -2.35. The number of nitrogens with one attached hydrogen (secondary N) is 1. The maximum Gasteiger partial charge on any atom is 0.246 e. The molecule has 0 unspecified atom stereocenters. The number of carbonyl (C=O) groups is 2. The van der Waals surface area contributed by atoms with Crippen LogP contribution in [-0.2, 0) is 9.59 Å². The van der Waals surface area contributed by atoms with E-state index in [0.717, 1.165) is 11.3 Å². The fourth-order valence-electron chi connectivity index (χ4n) is 1.96. The van der Waals surface area contributed by atoms with Gasteiger partial charge in [-0.25, -0.2) is 0 Å². The molecule has 1 saturated heterocycles. The first-order chi connectivity index (χ1) is 8.61. The lowest BCUT2D eigenvalue weighted by atomic mass is 10.2. The molecule has 0 saturated carbocycles. The topological polar surface area (TPSA) is 58.6 Å². The predicted octanol–water partition coefficient (Wildman–Crippen LogP) is 0.857. The Kier molecular flexibility index (Phi) is 3.50. The summed E-state index contributed by atoms with van der Waals surface area (Å²) < 4.78 is 5.27. The van der Waals surface area contributed by atoms with Crippen molar-refractivity contribution in [2.75, 3.05) is 25.1 Å². The molecule has 2 rings (SSSR count). The highest BCUT2D eigenvalue weighted by Gasteiger charge is 2.23. The molecule has 1 fully saturated rings. The average molecular weight is 248 g/mol. The molecule has 0 spiro atoms. The van der Waals surface area contributed by atoms with Gasteiger partial charge >= 0.3 is 0 Å². The Morgan fingerprint density at radius 2 is 2.11 bits per heavy atom. The first kappa shape index (κ1) is 12.4. The van der Waals surface area contributed by atoms with Crippen LogP contribution in [0.25, 0.3) is 0 Å². The second-order valence-electron chi connectivity index (χ2n) is 4.25. The van der Waals surface area contributed by atoms with Gasteiger partial charge in [0.15, 0.2) is 0 Å². The minimum absolute atomic E-state index is 0.0376. The summed E-state index contributed by atoms with van der Waals surface area (Å²) in [5, 5.41) is 2.58. The second kappa shape index (κ2) is 5.08. The van der Waals surface area contributed by atoms with Gasteiger partial charge in [-0.1, -0.05) is 6.07 Å². The minimum atomic E-state index is -0.121. The van der Waals surface area contributed by atoms with Crippen LogP contribution in [-0.4, -0.2) is 32.0 Å². The zero-order chi connectivity index (χ0) is 13.1. The van der Waals surface area contributed by atoms with Gasteiger partial charge in [0.25, 0.3) is 0 Å². The monoisotopic (exact) mass is 248 g/mol. The van der Waals surface area contributed by atoms with Crippen molar-refractivity contribution in [1.82, 2.24) is 5.32 Å². The van der Waals surface area contributed by atoms with Crippen molar-refractivity contribution in [2.45, 2.75) is 13.3 Å². The van der Waals surface area contributed by atoms with Crippen molar-refractivity contribution < 1.29 is 14.3 Å². The molecule has 0 aliphatic carbocycles. The smallest absolute Gasteiger partial charge is 0.246 e. The number of benzene rings is 1. The third kappa shape index (κ3) is 2.45. The molecule has 96 valence electrons. The van der Waals surface area contributed by atoms with E-state index in [4.69, 9.17) is 4.74 Å². The van der Waals surface area contributed by atoms with Crippen LogP contribution < -0.4 is 15.0 Å². The standard InChI is InChI=1S/C13H16N2O3/c1-9-3-4-11(18-2)10(7-9)15-6-5-12(16)14-8-13(15)17/h3-4,7H,5-6,8H2,1-2H3,(H,14,16). The van der Waals surface area contributed by atoms with E-state index < -0.39 is 0 Å². The van der Waals surface area contributed by atoms with Gasteiger partial charge in [0.05, 0.1) is 19.3 Å².